The molecule has 0 amide bonds. The highest BCUT2D eigenvalue weighted by atomic mass is 35.5. The van der Waals surface area contributed by atoms with Gasteiger partial charge in [0.25, 0.3) is 0 Å². The van der Waals surface area contributed by atoms with E-state index in [0.717, 1.165) is 17.1 Å². The Morgan fingerprint density at radius 1 is 1.38 bits per heavy atom. The van der Waals surface area contributed by atoms with Crippen LogP contribution < -0.4 is 0 Å². The summed E-state index contributed by atoms with van der Waals surface area (Å²) in [6.45, 7) is 3.88. The van der Waals surface area contributed by atoms with Crippen LogP contribution in [-0.2, 0) is 0 Å². The minimum absolute atomic E-state index is 0.280. The monoisotopic (exact) mass is 273 g/mol. The lowest BCUT2D eigenvalue weighted by Gasteiger charge is -2.14. The van der Waals surface area contributed by atoms with Gasteiger partial charge >= 0.3 is 0 Å². The van der Waals surface area contributed by atoms with Crippen LogP contribution in [0.5, 0.6) is 0 Å². The zero-order valence-corrected chi connectivity index (χ0v) is 11.6. The van der Waals surface area contributed by atoms with Crippen LogP contribution in [0.25, 0.3) is 0 Å². The first kappa shape index (κ1) is 13.7. The number of benzene rings is 1. The van der Waals surface area contributed by atoms with E-state index in [1.165, 1.54) is 0 Å². The average molecular weight is 274 g/mol. The van der Waals surface area contributed by atoms with Crippen molar-refractivity contribution in [2.45, 2.75) is 25.2 Å². The summed E-state index contributed by atoms with van der Waals surface area (Å²) in [7, 11) is 0. The van der Waals surface area contributed by atoms with Gasteiger partial charge in [0.2, 0.25) is 0 Å². The predicted octanol–water partition coefficient (Wildman–Crippen LogP) is 5.03. The van der Waals surface area contributed by atoms with E-state index in [9.17, 15) is 0 Å². The molecule has 0 fully saturated rings. The summed E-state index contributed by atoms with van der Waals surface area (Å²) in [6.07, 6.45) is 0.830. The Bertz CT molecular complexity index is 410. The zero-order valence-electron chi connectivity index (χ0n) is 9.26. The van der Waals surface area contributed by atoms with E-state index in [4.69, 9.17) is 28.5 Å². The van der Waals surface area contributed by atoms with E-state index in [-0.39, 0.29) is 5.41 Å². The molecule has 4 heteroatoms. The second-order valence-electron chi connectivity index (χ2n) is 4.17. The number of halogens is 2. The second kappa shape index (κ2) is 5.82. The summed E-state index contributed by atoms with van der Waals surface area (Å²) >= 11 is 13.6. The number of hydrogen-bond donors (Lipinski definition) is 0. The number of nitriles is 1. The molecule has 16 heavy (non-hydrogen) atoms. The Balaban J connectivity index is 2.56. The van der Waals surface area contributed by atoms with Crippen molar-refractivity contribution in [3.8, 4) is 6.07 Å². The fourth-order valence-electron chi connectivity index (χ4n) is 1.06. The molecule has 0 aliphatic heterocycles. The molecule has 0 aliphatic rings. The molecule has 0 saturated carbocycles. The van der Waals surface area contributed by atoms with Crippen molar-refractivity contribution in [3.05, 3.63) is 28.2 Å². The van der Waals surface area contributed by atoms with Gasteiger partial charge in [-0.3, -0.25) is 0 Å². The van der Waals surface area contributed by atoms with Crippen LogP contribution in [0.1, 0.15) is 20.3 Å². The van der Waals surface area contributed by atoms with Gasteiger partial charge in [0.15, 0.2) is 0 Å². The molecular weight excluding hydrogens is 261 g/mol. The van der Waals surface area contributed by atoms with Gasteiger partial charge in [-0.05, 0) is 44.2 Å². The van der Waals surface area contributed by atoms with Crippen LogP contribution in [0, 0.1) is 16.7 Å². The van der Waals surface area contributed by atoms with Crippen LogP contribution in [0.15, 0.2) is 23.1 Å². The number of nitrogens with zero attached hydrogens (tertiary/aromatic N) is 1. The van der Waals surface area contributed by atoms with Crippen LogP contribution >= 0.6 is 35.0 Å². The first-order chi connectivity index (χ1) is 7.44. The molecule has 0 unspecified atom stereocenters. The molecule has 1 nitrogen and oxygen atoms in total. The molecule has 0 bridgehead atoms. The highest BCUT2D eigenvalue weighted by Gasteiger charge is 2.16. The molecule has 1 aromatic carbocycles. The SMILES string of the molecule is CC(C)(C#N)CCSc1cc(Cl)ccc1Cl. The van der Waals surface area contributed by atoms with Crippen molar-refractivity contribution >= 4 is 35.0 Å². The smallest absolute Gasteiger partial charge is 0.0684 e. The van der Waals surface area contributed by atoms with E-state index in [0.29, 0.717) is 10.0 Å². The molecule has 0 aromatic heterocycles. The molecule has 0 atom stereocenters. The Morgan fingerprint density at radius 3 is 2.69 bits per heavy atom. The summed E-state index contributed by atoms with van der Waals surface area (Å²) in [4.78, 5) is 0.975. The normalized spacial score (nSPS) is 11.2. The Kier molecular flexibility index (Phi) is 4.98. The number of rotatable bonds is 4. The van der Waals surface area contributed by atoms with Crippen molar-refractivity contribution in [3.63, 3.8) is 0 Å². The van der Waals surface area contributed by atoms with Crippen molar-refractivity contribution in [2.75, 3.05) is 5.75 Å². The topological polar surface area (TPSA) is 23.8 Å². The van der Waals surface area contributed by atoms with Gasteiger partial charge in [0.05, 0.1) is 16.5 Å². The van der Waals surface area contributed by atoms with Gasteiger partial charge in [0, 0.05) is 9.92 Å². The molecule has 0 N–H and O–H groups in total. The standard InChI is InChI=1S/C12H13Cl2NS/c1-12(2,8-15)5-6-16-11-7-9(13)3-4-10(11)14/h3-4,7H,5-6H2,1-2H3. The highest BCUT2D eigenvalue weighted by Crippen LogP contribution is 2.32. The first-order valence-corrected chi connectivity index (χ1v) is 6.68. The number of hydrogen-bond acceptors (Lipinski definition) is 2. The van der Waals surface area contributed by atoms with Gasteiger partial charge < -0.3 is 0 Å². The third-order valence-corrected chi connectivity index (χ3v) is 3.91. The number of thioether (sulfide) groups is 1. The van der Waals surface area contributed by atoms with Crippen molar-refractivity contribution < 1.29 is 0 Å². The van der Waals surface area contributed by atoms with Crippen molar-refractivity contribution in [1.29, 1.82) is 5.26 Å². The summed E-state index contributed by atoms with van der Waals surface area (Å²) in [6, 6.07) is 7.70. The van der Waals surface area contributed by atoms with E-state index >= 15 is 0 Å². The van der Waals surface area contributed by atoms with Gasteiger partial charge in [-0.1, -0.05) is 23.2 Å². The lowest BCUT2D eigenvalue weighted by molar-refractivity contribution is 0.482. The molecule has 1 rings (SSSR count). The van der Waals surface area contributed by atoms with Gasteiger partial charge in [-0.25, -0.2) is 0 Å². The Labute approximate surface area is 111 Å². The first-order valence-electron chi connectivity index (χ1n) is 4.94. The molecule has 1 aromatic rings. The van der Waals surface area contributed by atoms with Crippen LogP contribution in [-0.4, -0.2) is 5.75 Å². The maximum absolute atomic E-state index is 8.88. The van der Waals surface area contributed by atoms with Gasteiger partial charge in [-0.15, -0.1) is 11.8 Å². The fourth-order valence-corrected chi connectivity index (χ4v) is 2.83. The van der Waals surface area contributed by atoms with Crippen molar-refractivity contribution in [1.82, 2.24) is 0 Å². The average Bonchev–Trinajstić information content (AvgIpc) is 2.23. The highest BCUT2D eigenvalue weighted by molar-refractivity contribution is 7.99. The molecule has 0 spiro atoms. The maximum atomic E-state index is 8.88. The lowest BCUT2D eigenvalue weighted by atomic mass is 9.93. The second-order valence-corrected chi connectivity index (χ2v) is 6.15. The van der Waals surface area contributed by atoms with Gasteiger partial charge in [0.1, 0.15) is 0 Å². The third-order valence-electron chi connectivity index (χ3n) is 2.18. The largest absolute Gasteiger partial charge is 0.198 e. The van der Waals surface area contributed by atoms with E-state index in [1.807, 2.05) is 19.9 Å². The third kappa shape index (κ3) is 4.25. The fraction of sp³-hybridized carbons (Fsp3) is 0.417. The quantitative estimate of drug-likeness (QED) is 0.719. The Hall–Kier alpha value is -0.360. The summed E-state index contributed by atoms with van der Waals surface area (Å²) in [5.41, 5.74) is -0.280. The molecule has 86 valence electrons. The van der Waals surface area contributed by atoms with E-state index < -0.39 is 0 Å². The molecule has 0 radical (unpaired) electrons. The molecule has 0 aliphatic carbocycles. The minimum Gasteiger partial charge on any atom is -0.198 e. The predicted molar refractivity (Wildman–Crippen MR) is 71.2 cm³/mol. The summed E-state index contributed by atoms with van der Waals surface area (Å²) in [5, 5.41) is 10.3. The van der Waals surface area contributed by atoms with Gasteiger partial charge in [-0.2, -0.15) is 5.26 Å². The molecule has 0 saturated heterocycles. The van der Waals surface area contributed by atoms with Crippen LogP contribution in [0.4, 0.5) is 0 Å². The molecule has 0 heterocycles. The minimum atomic E-state index is -0.280. The summed E-state index contributed by atoms with van der Waals surface area (Å²) < 4.78 is 0. The van der Waals surface area contributed by atoms with E-state index in [1.54, 1.807) is 23.9 Å². The maximum Gasteiger partial charge on any atom is 0.0684 e. The van der Waals surface area contributed by atoms with Crippen LogP contribution in [0.3, 0.4) is 0 Å². The molecular formula is C12H13Cl2NS. The van der Waals surface area contributed by atoms with E-state index in [2.05, 4.69) is 6.07 Å². The Morgan fingerprint density at radius 2 is 2.06 bits per heavy atom. The van der Waals surface area contributed by atoms with Crippen molar-refractivity contribution in [2.24, 2.45) is 5.41 Å². The summed E-state index contributed by atoms with van der Waals surface area (Å²) in [5.74, 6) is 0.862. The van der Waals surface area contributed by atoms with Crippen LogP contribution in [0.2, 0.25) is 10.0 Å². The zero-order chi connectivity index (χ0) is 12.2. The lowest BCUT2D eigenvalue weighted by Crippen LogP contribution is -2.08.